The molecule has 1 fully saturated rings. The summed E-state index contributed by atoms with van der Waals surface area (Å²) < 4.78 is 10.5. The Morgan fingerprint density at radius 2 is 1.91 bits per heavy atom. The molecule has 7 heteroatoms. The zero-order valence-corrected chi connectivity index (χ0v) is 12.3. The summed E-state index contributed by atoms with van der Waals surface area (Å²) in [5, 5.41) is 18.8. The summed E-state index contributed by atoms with van der Waals surface area (Å²) in [6.45, 7) is 0.255. The Labute approximate surface area is 128 Å². The van der Waals surface area contributed by atoms with Gasteiger partial charge in [-0.15, -0.1) is 0 Å². The van der Waals surface area contributed by atoms with Crippen molar-refractivity contribution in [3.05, 3.63) is 24.3 Å². The molecule has 1 aromatic rings. The molecule has 120 valence electrons. The molecule has 1 amide bonds. The van der Waals surface area contributed by atoms with Crippen molar-refractivity contribution in [2.24, 2.45) is 0 Å². The van der Waals surface area contributed by atoms with E-state index in [-0.39, 0.29) is 38.4 Å². The highest BCUT2D eigenvalue weighted by Gasteiger charge is 2.40. The van der Waals surface area contributed by atoms with E-state index in [1.54, 1.807) is 31.4 Å². The van der Waals surface area contributed by atoms with E-state index in [1.165, 1.54) is 4.90 Å². The second kappa shape index (κ2) is 6.65. The fraction of sp³-hybridized carbons (Fsp3) is 0.467. The van der Waals surface area contributed by atoms with Crippen LogP contribution in [-0.2, 0) is 9.59 Å². The van der Waals surface area contributed by atoms with E-state index in [0.29, 0.717) is 11.5 Å². The minimum absolute atomic E-state index is 0.0211. The quantitative estimate of drug-likeness (QED) is 0.823. The summed E-state index contributed by atoms with van der Waals surface area (Å²) in [6, 6.07) is 6.92. The SMILES string of the molecule is COc1cccc(OCC(=O)N2CCC(O)(C(=O)O)CC2)c1. The van der Waals surface area contributed by atoms with Crippen molar-refractivity contribution in [1.82, 2.24) is 4.90 Å². The fourth-order valence-corrected chi connectivity index (χ4v) is 2.27. The topological polar surface area (TPSA) is 96.3 Å². The van der Waals surface area contributed by atoms with Gasteiger partial charge in [-0.2, -0.15) is 0 Å². The summed E-state index contributed by atoms with van der Waals surface area (Å²) in [7, 11) is 1.54. The van der Waals surface area contributed by atoms with Crippen LogP contribution >= 0.6 is 0 Å². The number of hydrogen-bond donors (Lipinski definition) is 2. The van der Waals surface area contributed by atoms with Gasteiger partial charge >= 0.3 is 5.97 Å². The Balaban J connectivity index is 1.85. The highest BCUT2D eigenvalue weighted by molar-refractivity contribution is 5.80. The van der Waals surface area contributed by atoms with Crippen LogP contribution in [0.4, 0.5) is 0 Å². The van der Waals surface area contributed by atoms with Crippen LogP contribution in [0.2, 0.25) is 0 Å². The largest absolute Gasteiger partial charge is 0.497 e. The predicted octanol–water partition coefficient (Wildman–Crippen LogP) is 0.512. The first kappa shape index (κ1) is 16.1. The number of carbonyl (C=O) groups is 2. The Kier molecular flexibility index (Phi) is 4.87. The summed E-state index contributed by atoms with van der Waals surface area (Å²) in [4.78, 5) is 24.5. The maximum Gasteiger partial charge on any atom is 0.335 e. The van der Waals surface area contributed by atoms with E-state index >= 15 is 0 Å². The molecule has 7 nitrogen and oxygen atoms in total. The van der Waals surface area contributed by atoms with Crippen LogP contribution < -0.4 is 9.47 Å². The normalized spacial score (nSPS) is 16.9. The number of carboxylic acids is 1. The summed E-state index contributed by atoms with van der Waals surface area (Å²) in [5.74, 6) is -0.330. The number of benzene rings is 1. The Hall–Kier alpha value is -2.28. The second-order valence-corrected chi connectivity index (χ2v) is 5.19. The number of piperidine rings is 1. The Morgan fingerprint density at radius 1 is 1.27 bits per heavy atom. The molecule has 2 rings (SSSR count). The second-order valence-electron chi connectivity index (χ2n) is 5.19. The lowest BCUT2D eigenvalue weighted by molar-refractivity contribution is -0.165. The molecule has 0 radical (unpaired) electrons. The van der Waals surface area contributed by atoms with Gasteiger partial charge in [-0.3, -0.25) is 4.79 Å². The minimum atomic E-state index is -1.73. The molecular weight excluding hydrogens is 290 g/mol. The molecule has 1 saturated heterocycles. The molecule has 22 heavy (non-hydrogen) atoms. The average Bonchev–Trinajstić information content (AvgIpc) is 2.53. The van der Waals surface area contributed by atoms with Gasteiger partial charge in [0.25, 0.3) is 5.91 Å². The lowest BCUT2D eigenvalue weighted by Crippen LogP contribution is -2.51. The number of amides is 1. The predicted molar refractivity (Wildman–Crippen MR) is 76.9 cm³/mol. The van der Waals surface area contributed by atoms with Gasteiger partial charge in [0.1, 0.15) is 11.5 Å². The number of carboxylic acid groups (broad SMARTS) is 1. The molecule has 0 bridgehead atoms. The van der Waals surface area contributed by atoms with Crippen molar-refractivity contribution in [1.29, 1.82) is 0 Å². The first-order valence-corrected chi connectivity index (χ1v) is 6.95. The molecule has 0 unspecified atom stereocenters. The van der Waals surface area contributed by atoms with Crippen LogP contribution in [0.25, 0.3) is 0 Å². The monoisotopic (exact) mass is 309 g/mol. The van der Waals surface area contributed by atoms with Crippen molar-refractivity contribution in [3.63, 3.8) is 0 Å². The number of rotatable bonds is 5. The maximum atomic E-state index is 12.0. The van der Waals surface area contributed by atoms with Gasteiger partial charge in [-0.05, 0) is 12.1 Å². The number of nitrogens with zero attached hydrogens (tertiary/aromatic N) is 1. The molecule has 1 heterocycles. The summed E-state index contributed by atoms with van der Waals surface area (Å²) in [5.41, 5.74) is -1.73. The number of hydrogen-bond acceptors (Lipinski definition) is 5. The van der Waals surface area contributed by atoms with Crippen molar-refractivity contribution >= 4 is 11.9 Å². The molecule has 1 aromatic carbocycles. The number of aliphatic carboxylic acids is 1. The van der Waals surface area contributed by atoms with Crippen molar-refractivity contribution < 1.29 is 29.3 Å². The molecule has 0 saturated carbocycles. The van der Waals surface area contributed by atoms with E-state index < -0.39 is 11.6 Å². The van der Waals surface area contributed by atoms with E-state index in [1.807, 2.05) is 0 Å². The third-order valence-electron chi connectivity index (χ3n) is 3.74. The van der Waals surface area contributed by atoms with Crippen LogP contribution in [0.5, 0.6) is 11.5 Å². The summed E-state index contributed by atoms with van der Waals surface area (Å²) in [6.07, 6.45) is 0.0421. The third-order valence-corrected chi connectivity index (χ3v) is 3.74. The van der Waals surface area contributed by atoms with Crippen LogP contribution in [0.15, 0.2) is 24.3 Å². The first-order valence-electron chi connectivity index (χ1n) is 6.95. The Morgan fingerprint density at radius 3 is 2.50 bits per heavy atom. The number of ether oxygens (including phenoxy) is 2. The molecule has 0 spiro atoms. The number of carbonyl (C=O) groups excluding carboxylic acids is 1. The average molecular weight is 309 g/mol. The highest BCUT2D eigenvalue weighted by atomic mass is 16.5. The van der Waals surface area contributed by atoms with E-state index in [0.717, 1.165) is 0 Å². The van der Waals surface area contributed by atoms with Gasteiger partial charge in [-0.1, -0.05) is 6.07 Å². The van der Waals surface area contributed by atoms with Gasteiger partial charge in [0.2, 0.25) is 0 Å². The van der Waals surface area contributed by atoms with Gasteiger partial charge in [0.05, 0.1) is 7.11 Å². The molecular formula is C15H19NO6. The number of methoxy groups -OCH3 is 1. The highest BCUT2D eigenvalue weighted by Crippen LogP contribution is 2.23. The Bertz CT molecular complexity index is 551. The number of likely N-dealkylation sites (tertiary alicyclic amines) is 1. The minimum Gasteiger partial charge on any atom is -0.497 e. The van der Waals surface area contributed by atoms with Crippen molar-refractivity contribution in [2.75, 3.05) is 26.8 Å². The molecule has 1 aliphatic heterocycles. The van der Waals surface area contributed by atoms with Gasteiger partial charge in [0, 0.05) is 32.0 Å². The lowest BCUT2D eigenvalue weighted by Gasteiger charge is -2.35. The van der Waals surface area contributed by atoms with Crippen LogP contribution in [-0.4, -0.2) is 59.4 Å². The van der Waals surface area contributed by atoms with Gasteiger partial charge in [0.15, 0.2) is 12.2 Å². The first-order chi connectivity index (χ1) is 10.4. The van der Waals surface area contributed by atoms with Crippen molar-refractivity contribution in [2.45, 2.75) is 18.4 Å². The zero-order chi connectivity index (χ0) is 16.2. The van der Waals surface area contributed by atoms with E-state index in [9.17, 15) is 14.7 Å². The molecule has 2 N–H and O–H groups in total. The van der Waals surface area contributed by atoms with Gasteiger partial charge < -0.3 is 24.6 Å². The van der Waals surface area contributed by atoms with E-state index in [4.69, 9.17) is 14.6 Å². The lowest BCUT2D eigenvalue weighted by atomic mass is 9.92. The molecule has 0 aromatic heterocycles. The van der Waals surface area contributed by atoms with Crippen molar-refractivity contribution in [3.8, 4) is 11.5 Å². The smallest absolute Gasteiger partial charge is 0.335 e. The molecule has 0 aliphatic carbocycles. The van der Waals surface area contributed by atoms with E-state index in [2.05, 4.69) is 0 Å². The fourth-order valence-electron chi connectivity index (χ4n) is 2.27. The molecule has 0 atom stereocenters. The standard InChI is InChI=1S/C15H19NO6/c1-21-11-3-2-4-12(9-11)22-10-13(17)16-7-5-15(20,6-8-16)14(18)19/h2-4,9,20H,5-8,10H2,1H3,(H,18,19). The third kappa shape index (κ3) is 3.67. The van der Waals surface area contributed by atoms with Crippen LogP contribution in [0.3, 0.4) is 0 Å². The zero-order valence-electron chi connectivity index (χ0n) is 12.3. The van der Waals surface area contributed by atoms with Gasteiger partial charge in [-0.25, -0.2) is 4.79 Å². The maximum absolute atomic E-state index is 12.0. The van der Waals surface area contributed by atoms with Crippen LogP contribution in [0, 0.1) is 0 Å². The molecule has 1 aliphatic rings. The van der Waals surface area contributed by atoms with Crippen LogP contribution in [0.1, 0.15) is 12.8 Å². The summed E-state index contributed by atoms with van der Waals surface area (Å²) >= 11 is 0. The number of aliphatic hydroxyl groups is 1.